The molecule has 0 aromatic carbocycles. The maximum absolute atomic E-state index is 10.4. The van der Waals surface area contributed by atoms with Gasteiger partial charge < -0.3 is 5.11 Å². The molecule has 0 atom stereocenters. The molecule has 0 aliphatic heterocycles. The van der Waals surface area contributed by atoms with Gasteiger partial charge in [0.1, 0.15) is 0 Å². The fraction of sp³-hybridized carbons (Fsp3) is 0.792. The maximum Gasteiger partial charge on any atom is 0.303 e. The number of aliphatic carboxylic acids is 1. The second kappa shape index (κ2) is 22.8. The van der Waals surface area contributed by atoms with Gasteiger partial charge in [0.25, 0.3) is 0 Å². The molecule has 0 aliphatic rings. The second-order valence-electron chi connectivity index (χ2n) is 7.59. The molecule has 0 spiro atoms. The Hall–Kier alpha value is -0.480. The van der Waals surface area contributed by atoms with Gasteiger partial charge in [0, 0.05) is 11.3 Å². The van der Waals surface area contributed by atoms with E-state index in [4.69, 9.17) is 5.11 Å². The SMILES string of the molecule is CCS.O=C(O)CCCCCCCCCCCCCCCCCc1cccs1. The number of carbonyl (C=O) groups is 1. The summed E-state index contributed by atoms with van der Waals surface area (Å²) in [4.78, 5) is 11.9. The Labute approximate surface area is 183 Å². The molecule has 0 unspecified atom stereocenters. The van der Waals surface area contributed by atoms with Gasteiger partial charge >= 0.3 is 5.97 Å². The van der Waals surface area contributed by atoms with Crippen molar-refractivity contribution in [2.24, 2.45) is 0 Å². The lowest BCUT2D eigenvalue weighted by molar-refractivity contribution is -0.137. The molecule has 1 aromatic rings. The molecule has 1 aromatic heterocycles. The number of hydrogen-bond donors (Lipinski definition) is 2. The third-order valence-corrected chi connectivity index (χ3v) is 5.83. The highest BCUT2D eigenvalue weighted by molar-refractivity contribution is 7.80. The third kappa shape index (κ3) is 21.8. The molecule has 0 saturated heterocycles. The van der Waals surface area contributed by atoms with Gasteiger partial charge in [0.15, 0.2) is 0 Å². The van der Waals surface area contributed by atoms with Gasteiger partial charge in [-0.05, 0) is 36.5 Å². The lowest BCUT2D eigenvalue weighted by Gasteiger charge is -2.03. The number of unbranched alkanes of at least 4 members (excludes halogenated alkanes) is 14. The van der Waals surface area contributed by atoms with Gasteiger partial charge in [0.2, 0.25) is 0 Å². The summed E-state index contributed by atoms with van der Waals surface area (Å²) in [5.74, 6) is 0.290. The fourth-order valence-electron chi connectivity index (χ4n) is 3.33. The van der Waals surface area contributed by atoms with Crippen molar-refractivity contribution >= 4 is 29.9 Å². The molecule has 1 heterocycles. The minimum Gasteiger partial charge on any atom is -0.481 e. The van der Waals surface area contributed by atoms with Crippen LogP contribution in [0.3, 0.4) is 0 Å². The number of thiol groups is 1. The van der Waals surface area contributed by atoms with Gasteiger partial charge in [-0.2, -0.15) is 12.6 Å². The van der Waals surface area contributed by atoms with E-state index in [1.807, 2.05) is 18.3 Å². The molecule has 4 heteroatoms. The molecule has 0 fully saturated rings. The lowest BCUT2D eigenvalue weighted by Crippen LogP contribution is -1.93. The topological polar surface area (TPSA) is 37.3 Å². The number of aryl methyl sites for hydroxylation is 1. The fourth-order valence-corrected chi connectivity index (χ4v) is 4.08. The second-order valence-corrected chi connectivity index (χ2v) is 9.26. The van der Waals surface area contributed by atoms with Crippen molar-refractivity contribution in [2.75, 3.05) is 5.75 Å². The van der Waals surface area contributed by atoms with Gasteiger partial charge in [-0.3, -0.25) is 4.79 Å². The highest BCUT2D eigenvalue weighted by Crippen LogP contribution is 2.16. The molecular weight excluding hydrogens is 384 g/mol. The Morgan fingerprint density at radius 3 is 1.57 bits per heavy atom. The van der Waals surface area contributed by atoms with Gasteiger partial charge in [0.05, 0.1) is 0 Å². The molecular formula is C24H44O2S2. The van der Waals surface area contributed by atoms with E-state index in [2.05, 4.69) is 30.1 Å². The first-order valence-corrected chi connectivity index (χ1v) is 13.1. The number of carboxylic acid groups (broad SMARTS) is 1. The van der Waals surface area contributed by atoms with Crippen LogP contribution in [-0.2, 0) is 11.2 Å². The zero-order chi connectivity index (χ0) is 20.7. The summed E-state index contributed by atoms with van der Waals surface area (Å²) in [6.07, 6.45) is 21.3. The standard InChI is InChI=1S/C22H38O2S.C2H6S/c23-22(24)19-15-13-11-9-7-5-3-1-2-4-6-8-10-12-14-17-21-18-16-20-25-21;1-2-3/h16,18,20H,1-15,17,19H2,(H,23,24);3H,2H2,1H3. The van der Waals surface area contributed by atoms with E-state index in [0.717, 1.165) is 18.6 Å². The Morgan fingerprint density at radius 2 is 1.21 bits per heavy atom. The van der Waals surface area contributed by atoms with Crippen LogP contribution in [0.5, 0.6) is 0 Å². The Morgan fingerprint density at radius 1 is 0.821 bits per heavy atom. The van der Waals surface area contributed by atoms with Crippen LogP contribution in [0.1, 0.15) is 115 Å². The van der Waals surface area contributed by atoms with E-state index in [9.17, 15) is 4.79 Å². The number of thiophene rings is 1. The predicted molar refractivity (Wildman–Crippen MR) is 129 cm³/mol. The minimum atomic E-state index is -0.654. The average Bonchev–Trinajstić information content (AvgIpc) is 3.18. The molecule has 0 bridgehead atoms. The summed E-state index contributed by atoms with van der Waals surface area (Å²) in [6, 6.07) is 4.41. The predicted octanol–water partition coefficient (Wildman–Crippen LogP) is 8.55. The van der Waals surface area contributed by atoms with Crippen molar-refractivity contribution in [3.63, 3.8) is 0 Å². The summed E-state index contributed by atoms with van der Waals surface area (Å²) < 4.78 is 0. The van der Waals surface area contributed by atoms with Crippen LogP contribution in [0.15, 0.2) is 17.5 Å². The first-order chi connectivity index (χ1) is 13.7. The molecule has 0 saturated carbocycles. The molecule has 164 valence electrons. The number of carboxylic acids is 1. The first-order valence-electron chi connectivity index (χ1n) is 11.6. The summed E-state index contributed by atoms with van der Waals surface area (Å²) in [7, 11) is 0. The Bertz CT molecular complexity index is 418. The molecule has 0 amide bonds. The van der Waals surface area contributed by atoms with Crippen molar-refractivity contribution < 1.29 is 9.90 Å². The van der Waals surface area contributed by atoms with Crippen LogP contribution in [-0.4, -0.2) is 16.8 Å². The number of hydrogen-bond acceptors (Lipinski definition) is 3. The molecule has 28 heavy (non-hydrogen) atoms. The molecule has 1 N–H and O–H groups in total. The van der Waals surface area contributed by atoms with Crippen molar-refractivity contribution in [1.82, 2.24) is 0 Å². The van der Waals surface area contributed by atoms with Crippen molar-refractivity contribution in [2.45, 2.75) is 116 Å². The van der Waals surface area contributed by atoms with Crippen LogP contribution in [0.2, 0.25) is 0 Å². The smallest absolute Gasteiger partial charge is 0.303 e. The highest BCUT2D eigenvalue weighted by atomic mass is 32.1. The largest absolute Gasteiger partial charge is 0.481 e. The molecule has 0 radical (unpaired) electrons. The van der Waals surface area contributed by atoms with Gasteiger partial charge in [-0.15, -0.1) is 11.3 Å². The Balaban J connectivity index is 0.00000227. The average molecular weight is 429 g/mol. The minimum absolute atomic E-state index is 0.342. The van der Waals surface area contributed by atoms with Crippen LogP contribution in [0.25, 0.3) is 0 Å². The Kier molecular flexibility index (Phi) is 22.4. The zero-order valence-corrected chi connectivity index (χ0v) is 19.9. The molecule has 2 nitrogen and oxygen atoms in total. The van der Waals surface area contributed by atoms with Crippen LogP contribution >= 0.6 is 24.0 Å². The van der Waals surface area contributed by atoms with Crippen LogP contribution in [0.4, 0.5) is 0 Å². The maximum atomic E-state index is 10.4. The van der Waals surface area contributed by atoms with E-state index in [-0.39, 0.29) is 0 Å². The monoisotopic (exact) mass is 428 g/mol. The summed E-state index contributed by atoms with van der Waals surface area (Å²) >= 11 is 5.68. The van der Waals surface area contributed by atoms with E-state index < -0.39 is 5.97 Å². The van der Waals surface area contributed by atoms with Gasteiger partial charge in [-0.25, -0.2) is 0 Å². The third-order valence-electron chi connectivity index (χ3n) is 4.89. The number of rotatable bonds is 18. The molecule has 0 aliphatic carbocycles. The van der Waals surface area contributed by atoms with E-state index in [1.165, 1.54) is 89.9 Å². The highest BCUT2D eigenvalue weighted by Gasteiger charge is 1.97. The quantitative estimate of drug-likeness (QED) is 0.181. The lowest BCUT2D eigenvalue weighted by atomic mass is 10.0. The van der Waals surface area contributed by atoms with E-state index in [1.54, 1.807) is 4.88 Å². The van der Waals surface area contributed by atoms with E-state index in [0.29, 0.717) is 6.42 Å². The summed E-state index contributed by atoms with van der Waals surface area (Å²) in [6.45, 7) is 1.99. The molecule has 1 rings (SSSR count). The van der Waals surface area contributed by atoms with Crippen LogP contribution < -0.4 is 0 Å². The normalized spacial score (nSPS) is 10.5. The van der Waals surface area contributed by atoms with E-state index >= 15 is 0 Å². The zero-order valence-electron chi connectivity index (χ0n) is 18.2. The van der Waals surface area contributed by atoms with Gasteiger partial charge in [-0.1, -0.05) is 96.5 Å². The van der Waals surface area contributed by atoms with Crippen molar-refractivity contribution in [3.05, 3.63) is 22.4 Å². The summed E-state index contributed by atoms with van der Waals surface area (Å²) in [5, 5.41) is 10.7. The summed E-state index contributed by atoms with van der Waals surface area (Å²) in [5.41, 5.74) is 0. The first kappa shape index (κ1) is 27.5. The van der Waals surface area contributed by atoms with Crippen molar-refractivity contribution in [1.29, 1.82) is 0 Å². The van der Waals surface area contributed by atoms with Crippen molar-refractivity contribution in [3.8, 4) is 0 Å². The van der Waals surface area contributed by atoms with Crippen LogP contribution in [0, 0.1) is 0 Å².